The van der Waals surface area contributed by atoms with Gasteiger partial charge in [-0.1, -0.05) is 50.0 Å². The van der Waals surface area contributed by atoms with Crippen LogP contribution in [0.1, 0.15) is 41.0 Å². The second-order valence-corrected chi connectivity index (χ2v) is 4.90. The highest BCUT2D eigenvalue weighted by Gasteiger charge is 2.06. The quantitative estimate of drug-likeness (QED) is 0.468. The van der Waals surface area contributed by atoms with Gasteiger partial charge in [0.2, 0.25) is 0 Å². The van der Waals surface area contributed by atoms with Crippen LogP contribution in [0, 0.1) is 0 Å². The third kappa shape index (κ3) is 4.94. The van der Waals surface area contributed by atoms with Gasteiger partial charge in [-0.15, -0.1) is 5.47 Å². The molecule has 0 fully saturated rings. The maximum atomic E-state index is 3.95. The Balaban J connectivity index is 5.83. The van der Waals surface area contributed by atoms with E-state index in [1.165, 1.54) is 33.3 Å². The Labute approximate surface area is 120 Å². The molecule has 0 atom stereocenters. The zero-order chi connectivity index (χ0) is 15.0. The molecule has 1 heteroatoms. The largest absolute Gasteiger partial charge is 0.134 e. The summed E-state index contributed by atoms with van der Waals surface area (Å²) in [6, 6.07) is 0. The molecule has 0 aliphatic heterocycles. The van der Waals surface area contributed by atoms with E-state index >= 15 is 0 Å². The number of hydrogen-bond acceptors (Lipinski definition) is 0. The van der Waals surface area contributed by atoms with Gasteiger partial charge >= 0.3 is 0 Å². The van der Waals surface area contributed by atoms with Crippen molar-refractivity contribution in [1.29, 1.82) is 0 Å². The molecular formula is C18H27B. The van der Waals surface area contributed by atoms with Crippen LogP contribution in [0.4, 0.5) is 0 Å². The lowest BCUT2D eigenvalue weighted by atomic mass is 9.83. The van der Waals surface area contributed by atoms with Crippen LogP contribution in [0.3, 0.4) is 0 Å². The summed E-state index contributed by atoms with van der Waals surface area (Å²) in [4.78, 5) is 0. The average Bonchev–Trinajstić information content (AvgIpc) is 2.42. The molecule has 102 valence electrons. The summed E-state index contributed by atoms with van der Waals surface area (Å²) >= 11 is 0. The summed E-state index contributed by atoms with van der Waals surface area (Å²) in [5, 5.41) is 0. The molecule has 0 saturated heterocycles. The van der Waals surface area contributed by atoms with Crippen molar-refractivity contribution in [3.63, 3.8) is 0 Å². The summed E-state index contributed by atoms with van der Waals surface area (Å²) in [7, 11) is 2.20. The monoisotopic (exact) mass is 254 g/mol. The first kappa shape index (κ1) is 17.5. The number of rotatable bonds is 6. The van der Waals surface area contributed by atoms with E-state index in [9.17, 15) is 0 Å². The van der Waals surface area contributed by atoms with E-state index in [1.54, 1.807) is 6.08 Å². The van der Waals surface area contributed by atoms with Crippen molar-refractivity contribution in [2.45, 2.75) is 41.0 Å². The second-order valence-electron chi connectivity index (χ2n) is 4.90. The van der Waals surface area contributed by atoms with E-state index in [0.717, 1.165) is 6.42 Å². The first-order valence-corrected chi connectivity index (χ1v) is 6.87. The zero-order valence-corrected chi connectivity index (χ0v) is 13.4. The van der Waals surface area contributed by atoms with Crippen molar-refractivity contribution in [2.75, 3.05) is 0 Å². The predicted octanol–water partition coefficient (Wildman–Crippen LogP) is 4.88. The summed E-state index contributed by atoms with van der Waals surface area (Å²) in [6.45, 7) is 18.5. The van der Waals surface area contributed by atoms with Crippen LogP contribution in [0.2, 0.25) is 0 Å². The van der Waals surface area contributed by atoms with E-state index in [2.05, 4.69) is 61.7 Å². The first-order valence-electron chi connectivity index (χ1n) is 6.87. The summed E-state index contributed by atoms with van der Waals surface area (Å²) in [6.07, 6.45) is 8.87. The molecule has 0 aromatic carbocycles. The van der Waals surface area contributed by atoms with E-state index in [0.29, 0.717) is 0 Å². The van der Waals surface area contributed by atoms with Gasteiger partial charge < -0.3 is 0 Å². The van der Waals surface area contributed by atoms with Gasteiger partial charge in [-0.2, -0.15) is 0 Å². The molecule has 0 rings (SSSR count). The Hall–Kier alpha value is -1.50. The minimum atomic E-state index is 1.10. The van der Waals surface area contributed by atoms with Gasteiger partial charge in [0, 0.05) is 0 Å². The molecule has 0 aromatic rings. The molecule has 19 heavy (non-hydrogen) atoms. The summed E-state index contributed by atoms with van der Waals surface area (Å²) < 4.78 is 0. The molecule has 0 bridgehead atoms. The molecule has 0 unspecified atom stereocenters. The maximum absolute atomic E-state index is 3.95. The third-order valence-corrected chi connectivity index (χ3v) is 3.81. The first-order chi connectivity index (χ1) is 8.90. The van der Waals surface area contributed by atoms with Gasteiger partial charge in [-0.05, 0) is 56.4 Å². The molecule has 0 aliphatic carbocycles. The molecule has 0 saturated carbocycles. The topological polar surface area (TPSA) is 0 Å². The van der Waals surface area contributed by atoms with Crippen molar-refractivity contribution in [3.8, 4) is 0 Å². The lowest BCUT2D eigenvalue weighted by Crippen LogP contribution is -1.95. The van der Waals surface area contributed by atoms with E-state index < -0.39 is 0 Å². The van der Waals surface area contributed by atoms with Crippen LogP contribution >= 0.6 is 0 Å². The van der Waals surface area contributed by atoms with Crippen molar-refractivity contribution in [3.05, 3.63) is 70.8 Å². The Morgan fingerprint density at radius 3 is 2.00 bits per heavy atom. The van der Waals surface area contributed by atoms with Crippen molar-refractivity contribution in [2.24, 2.45) is 0 Å². The zero-order valence-electron chi connectivity index (χ0n) is 13.4. The molecule has 0 radical (unpaired) electrons. The van der Waals surface area contributed by atoms with E-state index in [-0.39, 0.29) is 0 Å². The van der Waals surface area contributed by atoms with Gasteiger partial charge in [-0.25, -0.2) is 0 Å². The highest BCUT2D eigenvalue weighted by molar-refractivity contribution is 6.22. The Kier molecular flexibility index (Phi) is 7.90. The molecule has 0 aromatic heterocycles. The fourth-order valence-electron chi connectivity index (χ4n) is 1.98. The van der Waals surface area contributed by atoms with Crippen molar-refractivity contribution >= 4 is 7.85 Å². The fraction of sp³-hybridized carbons (Fsp3) is 0.333. The Morgan fingerprint density at radius 2 is 1.58 bits per heavy atom. The summed E-state index contributed by atoms with van der Waals surface area (Å²) in [5.41, 5.74) is 7.90. The Morgan fingerprint density at radius 1 is 1.00 bits per heavy atom. The average molecular weight is 254 g/mol. The van der Waals surface area contributed by atoms with Crippen LogP contribution in [-0.2, 0) is 0 Å². The van der Waals surface area contributed by atoms with Crippen LogP contribution in [0.25, 0.3) is 0 Å². The maximum Gasteiger partial charge on any atom is 0.134 e. The van der Waals surface area contributed by atoms with Gasteiger partial charge in [0.1, 0.15) is 7.85 Å². The van der Waals surface area contributed by atoms with Crippen LogP contribution < -0.4 is 0 Å². The highest BCUT2D eigenvalue weighted by atomic mass is 14.1. The third-order valence-electron chi connectivity index (χ3n) is 3.81. The van der Waals surface area contributed by atoms with Crippen LogP contribution in [0.5, 0.6) is 0 Å². The van der Waals surface area contributed by atoms with Gasteiger partial charge in [0.05, 0.1) is 0 Å². The normalized spacial score (nSPS) is 15.6. The van der Waals surface area contributed by atoms with Gasteiger partial charge in [0.25, 0.3) is 0 Å². The lowest BCUT2D eigenvalue weighted by molar-refractivity contribution is 1.13. The van der Waals surface area contributed by atoms with Gasteiger partial charge in [0.15, 0.2) is 0 Å². The number of allylic oxidation sites excluding steroid dienone is 10. The smallest absolute Gasteiger partial charge is 0.107 e. The van der Waals surface area contributed by atoms with E-state index in [4.69, 9.17) is 0 Å². The van der Waals surface area contributed by atoms with E-state index in [1.807, 2.05) is 12.2 Å². The second kappa shape index (κ2) is 8.58. The number of hydrogen-bond donors (Lipinski definition) is 0. The standard InChI is InChI=1S/C18H27B/c1-8-11-12-13(4)17(9-2)15(6)14(5)16(7)18(19)10-3/h8-9,11-12H,1-2,10,19H2,3-7H3/b12-11-,15-14+,17-13+,18-16+. The fourth-order valence-corrected chi connectivity index (χ4v) is 1.98. The molecule has 0 spiro atoms. The highest BCUT2D eigenvalue weighted by Crippen LogP contribution is 2.25. The summed E-state index contributed by atoms with van der Waals surface area (Å²) in [5.74, 6) is 0. The lowest BCUT2D eigenvalue weighted by Gasteiger charge is -2.14. The molecule has 0 amide bonds. The van der Waals surface area contributed by atoms with Crippen LogP contribution in [-0.4, -0.2) is 7.85 Å². The molecule has 0 aliphatic rings. The minimum absolute atomic E-state index is 1.10. The molecule has 0 heterocycles. The molecule has 0 N–H and O–H groups in total. The van der Waals surface area contributed by atoms with Gasteiger partial charge in [-0.3, -0.25) is 0 Å². The van der Waals surface area contributed by atoms with Crippen LogP contribution in [0.15, 0.2) is 70.8 Å². The predicted molar refractivity (Wildman–Crippen MR) is 92.1 cm³/mol. The van der Waals surface area contributed by atoms with Crippen molar-refractivity contribution < 1.29 is 0 Å². The molecule has 0 nitrogen and oxygen atoms in total. The minimum Gasteiger partial charge on any atom is -0.107 e. The Bertz CT molecular complexity index is 468. The SMILES string of the molecule is B/C(CC)=C(C)/C(C)=C(C)/C(C=C)=C(C)/C=C\C=C. The van der Waals surface area contributed by atoms with Crippen molar-refractivity contribution in [1.82, 2.24) is 0 Å². The molecular weight excluding hydrogens is 227 g/mol.